The Balaban J connectivity index is 1.54. The van der Waals surface area contributed by atoms with E-state index in [0.29, 0.717) is 5.56 Å². The monoisotopic (exact) mass is 761 g/mol. The summed E-state index contributed by atoms with van der Waals surface area (Å²) in [5.41, 5.74) is 4.54. The van der Waals surface area contributed by atoms with Crippen LogP contribution in [0.25, 0.3) is 11.1 Å². The van der Waals surface area contributed by atoms with Gasteiger partial charge in [-0.15, -0.1) is 0 Å². The molecule has 0 spiro atoms. The average molecular weight is 762 g/mol. The molecule has 1 heterocycles. The van der Waals surface area contributed by atoms with Gasteiger partial charge in [0, 0.05) is 33.6 Å². The molecule has 55 heavy (non-hydrogen) atoms. The second kappa shape index (κ2) is 18.0. The van der Waals surface area contributed by atoms with Gasteiger partial charge in [-0.1, -0.05) is 78.9 Å². The molecule has 15 heteroatoms. The second-order valence-electron chi connectivity index (χ2n) is 13.0. The Labute approximate surface area is 317 Å². The Kier molecular flexibility index (Phi) is 13.2. The number of carbonyl (C=O) groups is 6. The maximum Gasteiger partial charge on any atom is 0.407 e. The van der Waals surface area contributed by atoms with Crippen molar-refractivity contribution in [2.45, 2.75) is 82.9 Å². The number of amides is 1. The summed E-state index contributed by atoms with van der Waals surface area (Å²) in [5, 5.41) is 2.68. The minimum Gasteiger partial charge on any atom is -0.465 e. The predicted octanol–water partition coefficient (Wildman–Crippen LogP) is 4.13. The highest BCUT2D eigenvalue weighted by molar-refractivity contribution is 5.80. The van der Waals surface area contributed by atoms with E-state index in [1.54, 1.807) is 30.3 Å². The van der Waals surface area contributed by atoms with E-state index in [9.17, 15) is 28.8 Å². The van der Waals surface area contributed by atoms with Crippen molar-refractivity contribution in [1.29, 1.82) is 0 Å². The Bertz CT molecular complexity index is 1840. The Morgan fingerprint density at radius 1 is 0.764 bits per heavy atom. The Hall–Kier alpha value is -5.80. The van der Waals surface area contributed by atoms with Crippen LogP contribution >= 0.6 is 0 Å². The van der Waals surface area contributed by atoms with Gasteiger partial charge in [0.2, 0.25) is 0 Å². The van der Waals surface area contributed by atoms with E-state index in [4.69, 9.17) is 37.9 Å². The van der Waals surface area contributed by atoms with Crippen molar-refractivity contribution >= 4 is 35.9 Å². The first-order chi connectivity index (χ1) is 26.3. The maximum atomic E-state index is 13.8. The number of nitrogens with one attached hydrogen (secondary N) is 1. The number of alkyl carbamates (subject to hydrolysis) is 1. The molecule has 0 saturated carbocycles. The lowest BCUT2D eigenvalue weighted by atomic mass is 9.88. The lowest BCUT2D eigenvalue weighted by Gasteiger charge is -2.48. The first-order valence-electron chi connectivity index (χ1n) is 17.5. The highest BCUT2D eigenvalue weighted by atomic mass is 16.7. The van der Waals surface area contributed by atoms with Crippen molar-refractivity contribution in [1.82, 2.24) is 5.32 Å². The number of methoxy groups -OCH3 is 1. The molecule has 3 aromatic carbocycles. The van der Waals surface area contributed by atoms with Crippen molar-refractivity contribution in [2.24, 2.45) is 0 Å². The number of rotatable bonds is 14. The summed E-state index contributed by atoms with van der Waals surface area (Å²) in [6, 6.07) is 22.8. The van der Waals surface area contributed by atoms with E-state index in [1.807, 2.05) is 48.5 Å². The summed E-state index contributed by atoms with van der Waals surface area (Å²) in [6.07, 6.45) is -7.94. The molecule has 1 aliphatic carbocycles. The minimum absolute atomic E-state index is 0.0987. The van der Waals surface area contributed by atoms with Gasteiger partial charge in [0.15, 0.2) is 12.2 Å². The van der Waals surface area contributed by atoms with Crippen LogP contribution in [0, 0.1) is 0 Å². The van der Waals surface area contributed by atoms with Gasteiger partial charge in [-0.2, -0.15) is 0 Å². The standard InChI is InChI=1S/C40H43NO14/c1-23(42)49-22-34(53-25(3)44)36(54-26(4)45)37-35(41-39(47)50-21-32-30-17-11-9-15-28(30)29-16-10-12-18-31(29)32)33(52-24(2)43)19-40(55-37,38(46)48-5)51-20-27-13-7-6-8-14-27/h6-18,32-37H,19-22H2,1-5H3,(H,41,47)/t33?,34-,35?,36+,37?,40?/m0/s1. The lowest BCUT2D eigenvalue weighted by molar-refractivity contribution is -0.317. The molecule has 1 saturated heterocycles. The highest BCUT2D eigenvalue weighted by Crippen LogP contribution is 2.44. The number of ether oxygens (including phenoxy) is 8. The maximum absolute atomic E-state index is 13.8. The number of carbonyl (C=O) groups excluding carboxylic acids is 6. The molecule has 5 rings (SSSR count). The van der Waals surface area contributed by atoms with Crippen molar-refractivity contribution in [3.63, 3.8) is 0 Å². The van der Waals surface area contributed by atoms with Crippen LogP contribution in [-0.4, -0.2) is 92.5 Å². The van der Waals surface area contributed by atoms with Gasteiger partial charge in [-0.3, -0.25) is 19.2 Å². The molecule has 0 bridgehead atoms. The fraction of sp³-hybridized carbons (Fsp3) is 0.400. The Morgan fingerprint density at radius 3 is 1.93 bits per heavy atom. The predicted molar refractivity (Wildman–Crippen MR) is 191 cm³/mol. The first-order valence-corrected chi connectivity index (χ1v) is 17.5. The van der Waals surface area contributed by atoms with Crippen LogP contribution in [0.1, 0.15) is 56.7 Å². The van der Waals surface area contributed by atoms with Crippen LogP contribution in [0.5, 0.6) is 0 Å². The third-order valence-electron chi connectivity index (χ3n) is 9.07. The zero-order valence-electron chi connectivity index (χ0n) is 31.0. The third-order valence-corrected chi connectivity index (χ3v) is 9.07. The van der Waals surface area contributed by atoms with Gasteiger partial charge in [0.05, 0.1) is 26.2 Å². The number of benzene rings is 3. The van der Waals surface area contributed by atoms with Crippen molar-refractivity contribution in [3.8, 4) is 11.1 Å². The molecule has 1 fully saturated rings. The van der Waals surface area contributed by atoms with Crippen LogP contribution in [0.4, 0.5) is 4.79 Å². The second-order valence-corrected chi connectivity index (χ2v) is 13.0. The average Bonchev–Trinajstić information content (AvgIpc) is 3.47. The van der Waals surface area contributed by atoms with Crippen molar-refractivity contribution in [2.75, 3.05) is 20.3 Å². The van der Waals surface area contributed by atoms with Gasteiger partial charge < -0.3 is 43.2 Å². The summed E-state index contributed by atoms with van der Waals surface area (Å²) >= 11 is 0. The summed E-state index contributed by atoms with van der Waals surface area (Å²) in [5.74, 6) is -7.06. The molecule has 6 atom stereocenters. The summed E-state index contributed by atoms with van der Waals surface area (Å²) in [7, 11) is 1.09. The van der Waals surface area contributed by atoms with E-state index >= 15 is 0 Å². The summed E-state index contributed by atoms with van der Waals surface area (Å²) < 4.78 is 45.5. The molecule has 1 amide bonds. The van der Waals surface area contributed by atoms with Crippen LogP contribution in [0.2, 0.25) is 0 Å². The van der Waals surface area contributed by atoms with E-state index in [2.05, 4.69) is 5.32 Å². The molecule has 0 radical (unpaired) electrons. The summed E-state index contributed by atoms with van der Waals surface area (Å²) in [6.45, 7) is 3.41. The normalized spacial score (nSPS) is 21.1. The smallest absolute Gasteiger partial charge is 0.407 e. The molecular formula is C40H43NO14. The molecule has 292 valence electrons. The van der Waals surface area contributed by atoms with Gasteiger partial charge in [-0.25, -0.2) is 9.59 Å². The fourth-order valence-electron chi connectivity index (χ4n) is 6.86. The van der Waals surface area contributed by atoms with Gasteiger partial charge in [0.1, 0.15) is 25.4 Å². The van der Waals surface area contributed by atoms with E-state index in [1.165, 1.54) is 0 Å². The largest absolute Gasteiger partial charge is 0.465 e. The molecule has 2 aliphatic rings. The Morgan fingerprint density at radius 2 is 1.36 bits per heavy atom. The number of hydrogen-bond donors (Lipinski definition) is 1. The lowest BCUT2D eigenvalue weighted by Crippen LogP contribution is -2.69. The quantitative estimate of drug-likeness (QED) is 0.182. The summed E-state index contributed by atoms with van der Waals surface area (Å²) in [4.78, 5) is 77.1. The molecule has 4 unspecified atom stereocenters. The van der Waals surface area contributed by atoms with E-state index in [-0.39, 0.29) is 19.1 Å². The van der Waals surface area contributed by atoms with Gasteiger partial charge >= 0.3 is 35.9 Å². The van der Waals surface area contributed by atoms with Crippen LogP contribution < -0.4 is 5.32 Å². The SMILES string of the molecule is COC(=O)C1(OCc2ccccc2)CC(OC(C)=O)C(NC(=O)OCC2c3ccccc3-c3ccccc32)C([C@H](OC(C)=O)[C@H](COC(C)=O)OC(C)=O)O1. The zero-order chi connectivity index (χ0) is 39.7. The molecule has 3 aromatic rings. The highest BCUT2D eigenvalue weighted by Gasteiger charge is 2.59. The van der Waals surface area contributed by atoms with Crippen LogP contribution in [0.3, 0.4) is 0 Å². The van der Waals surface area contributed by atoms with E-state index < -0.39 is 85.2 Å². The van der Waals surface area contributed by atoms with E-state index in [0.717, 1.165) is 57.1 Å². The molecule has 0 aromatic heterocycles. The van der Waals surface area contributed by atoms with Crippen LogP contribution in [-0.2, 0) is 68.5 Å². The minimum atomic E-state index is -2.35. The van der Waals surface area contributed by atoms with Crippen molar-refractivity contribution in [3.05, 3.63) is 95.6 Å². The topological polar surface area (TPSA) is 188 Å². The molecule has 1 N–H and O–H groups in total. The molecule has 1 aliphatic heterocycles. The van der Waals surface area contributed by atoms with Gasteiger partial charge in [0.25, 0.3) is 5.79 Å². The number of hydrogen-bond acceptors (Lipinski definition) is 14. The van der Waals surface area contributed by atoms with Crippen molar-refractivity contribution < 1.29 is 66.7 Å². The number of esters is 5. The molecular weight excluding hydrogens is 718 g/mol. The first kappa shape index (κ1) is 40.4. The van der Waals surface area contributed by atoms with Gasteiger partial charge in [-0.05, 0) is 27.8 Å². The third kappa shape index (κ3) is 9.85. The number of fused-ring (bicyclic) bond motifs is 3. The fourth-order valence-corrected chi connectivity index (χ4v) is 6.86. The van der Waals surface area contributed by atoms with Crippen LogP contribution in [0.15, 0.2) is 78.9 Å². The molecule has 15 nitrogen and oxygen atoms in total. The zero-order valence-corrected chi connectivity index (χ0v) is 31.0.